The van der Waals surface area contributed by atoms with E-state index in [4.69, 9.17) is 5.73 Å². The van der Waals surface area contributed by atoms with Crippen molar-refractivity contribution in [3.63, 3.8) is 0 Å². The van der Waals surface area contributed by atoms with Crippen LogP contribution in [0.3, 0.4) is 0 Å². The van der Waals surface area contributed by atoms with Crippen molar-refractivity contribution in [1.82, 2.24) is 10.2 Å². The van der Waals surface area contributed by atoms with Gasteiger partial charge in [0.2, 0.25) is 5.91 Å². The second kappa shape index (κ2) is 7.24. The average Bonchev–Trinajstić information content (AvgIpc) is 2.53. The number of anilines is 1. The van der Waals surface area contributed by atoms with Crippen LogP contribution in [0.4, 0.5) is 5.69 Å². The highest BCUT2D eigenvalue weighted by molar-refractivity contribution is 5.96. The number of nitrogens with zero attached hydrogens (tertiary/aromatic N) is 1. The molecule has 1 heterocycles. The zero-order chi connectivity index (χ0) is 17.9. The number of hydrogen-bond acceptors (Lipinski definition) is 3. The van der Waals surface area contributed by atoms with Gasteiger partial charge < -0.3 is 16.0 Å². The SMILES string of the molecule is Cc1ccc(N)cc1C(=O)N1CCCC(CNC(=O)C(C)(C)C)C1. The van der Waals surface area contributed by atoms with Gasteiger partial charge in [-0.05, 0) is 43.4 Å². The Hall–Kier alpha value is -2.04. The third-order valence-corrected chi connectivity index (χ3v) is 4.53. The molecule has 5 heteroatoms. The number of aryl methyl sites for hydroxylation is 1. The summed E-state index contributed by atoms with van der Waals surface area (Å²) >= 11 is 0. The van der Waals surface area contributed by atoms with Crippen LogP contribution in [0, 0.1) is 18.3 Å². The number of nitrogens with one attached hydrogen (secondary N) is 1. The molecule has 5 nitrogen and oxygen atoms in total. The van der Waals surface area contributed by atoms with Crippen LogP contribution in [-0.2, 0) is 4.79 Å². The quantitative estimate of drug-likeness (QED) is 0.836. The fourth-order valence-electron chi connectivity index (χ4n) is 2.96. The van der Waals surface area contributed by atoms with Crippen LogP contribution in [0.15, 0.2) is 18.2 Å². The third-order valence-electron chi connectivity index (χ3n) is 4.53. The van der Waals surface area contributed by atoms with Crippen molar-refractivity contribution in [2.75, 3.05) is 25.4 Å². The molecule has 1 aliphatic rings. The van der Waals surface area contributed by atoms with E-state index in [-0.39, 0.29) is 17.2 Å². The first-order valence-corrected chi connectivity index (χ1v) is 8.62. The van der Waals surface area contributed by atoms with Gasteiger partial charge in [-0.3, -0.25) is 9.59 Å². The lowest BCUT2D eigenvalue weighted by molar-refractivity contribution is -0.128. The lowest BCUT2D eigenvalue weighted by Gasteiger charge is -2.33. The molecular weight excluding hydrogens is 302 g/mol. The Morgan fingerprint density at radius 3 is 2.71 bits per heavy atom. The molecule has 1 saturated heterocycles. The van der Waals surface area contributed by atoms with Gasteiger partial charge in [-0.1, -0.05) is 26.8 Å². The Morgan fingerprint density at radius 1 is 1.33 bits per heavy atom. The minimum atomic E-state index is -0.386. The van der Waals surface area contributed by atoms with E-state index in [1.807, 2.05) is 44.7 Å². The summed E-state index contributed by atoms with van der Waals surface area (Å²) in [5, 5.41) is 3.02. The molecule has 0 spiro atoms. The lowest BCUT2D eigenvalue weighted by Crippen LogP contribution is -2.45. The second-order valence-corrected chi connectivity index (χ2v) is 7.79. The number of hydrogen-bond donors (Lipinski definition) is 2. The highest BCUT2D eigenvalue weighted by atomic mass is 16.2. The second-order valence-electron chi connectivity index (χ2n) is 7.79. The molecule has 0 saturated carbocycles. The topological polar surface area (TPSA) is 75.4 Å². The Balaban J connectivity index is 1.99. The van der Waals surface area contributed by atoms with Crippen LogP contribution in [0.2, 0.25) is 0 Å². The molecule has 1 aliphatic heterocycles. The van der Waals surface area contributed by atoms with Crippen molar-refractivity contribution >= 4 is 17.5 Å². The zero-order valence-electron chi connectivity index (χ0n) is 15.2. The number of likely N-dealkylation sites (tertiary alicyclic amines) is 1. The van der Waals surface area contributed by atoms with Gasteiger partial charge in [0, 0.05) is 36.3 Å². The number of benzene rings is 1. The van der Waals surface area contributed by atoms with E-state index in [2.05, 4.69) is 5.32 Å². The van der Waals surface area contributed by atoms with Crippen LogP contribution in [0.1, 0.15) is 49.5 Å². The molecule has 1 atom stereocenters. The molecule has 0 bridgehead atoms. The molecule has 0 radical (unpaired) electrons. The van der Waals surface area contributed by atoms with Crippen molar-refractivity contribution in [2.45, 2.75) is 40.5 Å². The highest BCUT2D eigenvalue weighted by Gasteiger charge is 2.27. The molecular formula is C19H29N3O2. The lowest BCUT2D eigenvalue weighted by atomic mass is 9.93. The Kier molecular flexibility index (Phi) is 5.52. The summed E-state index contributed by atoms with van der Waals surface area (Å²) in [5.74, 6) is 0.389. The van der Waals surface area contributed by atoms with E-state index >= 15 is 0 Å². The average molecular weight is 331 g/mol. The standard InChI is InChI=1S/C19H29N3O2/c1-13-7-8-15(20)10-16(13)17(23)22-9-5-6-14(12-22)11-21-18(24)19(2,3)4/h7-8,10,14H,5-6,9,11-12,20H2,1-4H3,(H,21,24). The maximum atomic E-state index is 12.8. The first-order chi connectivity index (χ1) is 11.2. The van der Waals surface area contributed by atoms with Gasteiger partial charge in [0.15, 0.2) is 0 Å². The summed E-state index contributed by atoms with van der Waals surface area (Å²) in [4.78, 5) is 26.7. The number of carbonyl (C=O) groups is 2. The first-order valence-electron chi connectivity index (χ1n) is 8.62. The third kappa shape index (κ3) is 4.49. The predicted octanol–water partition coefficient (Wildman–Crippen LogP) is 2.59. The van der Waals surface area contributed by atoms with E-state index in [0.717, 1.165) is 24.9 Å². The van der Waals surface area contributed by atoms with Crippen LogP contribution in [-0.4, -0.2) is 36.3 Å². The number of rotatable bonds is 3. The number of carbonyl (C=O) groups excluding carboxylic acids is 2. The van der Waals surface area contributed by atoms with Crippen molar-refractivity contribution in [3.05, 3.63) is 29.3 Å². The van der Waals surface area contributed by atoms with E-state index in [1.165, 1.54) is 0 Å². The van der Waals surface area contributed by atoms with Crippen LogP contribution in [0.5, 0.6) is 0 Å². The van der Waals surface area contributed by atoms with E-state index < -0.39 is 0 Å². The van der Waals surface area contributed by atoms with Gasteiger partial charge in [0.1, 0.15) is 0 Å². The molecule has 1 aromatic carbocycles. The van der Waals surface area contributed by atoms with E-state index in [0.29, 0.717) is 30.3 Å². The summed E-state index contributed by atoms with van der Waals surface area (Å²) in [5.41, 5.74) is 7.66. The molecule has 1 aromatic rings. The predicted molar refractivity (Wildman–Crippen MR) is 96.7 cm³/mol. The Bertz CT molecular complexity index is 620. The van der Waals surface area contributed by atoms with Gasteiger partial charge in [-0.25, -0.2) is 0 Å². The van der Waals surface area contributed by atoms with Crippen molar-refractivity contribution < 1.29 is 9.59 Å². The van der Waals surface area contributed by atoms with Crippen LogP contribution >= 0.6 is 0 Å². The minimum Gasteiger partial charge on any atom is -0.399 e. The summed E-state index contributed by atoms with van der Waals surface area (Å²) in [6.45, 7) is 9.70. The monoisotopic (exact) mass is 331 g/mol. The van der Waals surface area contributed by atoms with Crippen molar-refractivity contribution in [1.29, 1.82) is 0 Å². The number of nitrogen functional groups attached to an aromatic ring is 1. The molecule has 2 rings (SSSR count). The van der Waals surface area contributed by atoms with Crippen LogP contribution < -0.4 is 11.1 Å². The summed E-state index contributed by atoms with van der Waals surface area (Å²) in [6, 6.07) is 5.45. The van der Waals surface area contributed by atoms with E-state index in [9.17, 15) is 9.59 Å². The highest BCUT2D eigenvalue weighted by Crippen LogP contribution is 2.21. The summed E-state index contributed by atoms with van der Waals surface area (Å²) in [6.07, 6.45) is 1.99. The molecule has 2 amide bonds. The molecule has 132 valence electrons. The first kappa shape index (κ1) is 18.3. The van der Waals surface area contributed by atoms with Gasteiger partial charge >= 0.3 is 0 Å². The summed E-state index contributed by atoms with van der Waals surface area (Å²) < 4.78 is 0. The molecule has 3 N–H and O–H groups in total. The molecule has 0 aromatic heterocycles. The van der Waals surface area contributed by atoms with Crippen molar-refractivity contribution in [2.24, 2.45) is 11.3 Å². The largest absolute Gasteiger partial charge is 0.399 e. The molecule has 24 heavy (non-hydrogen) atoms. The zero-order valence-corrected chi connectivity index (χ0v) is 15.2. The van der Waals surface area contributed by atoms with Gasteiger partial charge in [-0.15, -0.1) is 0 Å². The van der Waals surface area contributed by atoms with Gasteiger partial charge in [0.25, 0.3) is 5.91 Å². The normalized spacial score (nSPS) is 18.3. The smallest absolute Gasteiger partial charge is 0.254 e. The summed E-state index contributed by atoms with van der Waals surface area (Å²) in [7, 11) is 0. The molecule has 0 aliphatic carbocycles. The maximum absolute atomic E-state index is 12.8. The number of nitrogens with two attached hydrogens (primary N) is 1. The molecule has 1 fully saturated rings. The van der Waals surface area contributed by atoms with Gasteiger partial charge in [0.05, 0.1) is 0 Å². The van der Waals surface area contributed by atoms with Crippen molar-refractivity contribution in [3.8, 4) is 0 Å². The van der Waals surface area contributed by atoms with Crippen LogP contribution in [0.25, 0.3) is 0 Å². The Labute approximate surface area is 144 Å². The van der Waals surface area contributed by atoms with Gasteiger partial charge in [-0.2, -0.15) is 0 Å². The Morgan fingerprint density at radius 2 is 2.04 bits per heavy atom. The minimum absolute atomic E-state index is 0.0339. The maximum Gasteiger partial charge on any atom is 0.254 e. The molecule has 1 unspecified atom stereocenters. The fourth-order valence-corrected chi connectivity index (χ4v) is 2.96. The van der Waals surface area contributed by atoms with E-state index in [1.54, 1.807) is 6.07 Å². The number of piperidine rings is 1. The fraction of sp³-hybridized carbons (Fsp3) is 0.579. The number of amides is 2.